The maximum Gasteiger partial charge on any atom is 0.410 e. The fourth-order valence-electron chi connectivity index (χ4n) is 3.72. The summed E-state index contributed by atoms with van der Waals surface area (Å²) in [7, 11) is 1.57. The van der Waals surface area contributed by atoms with Gasteiger partial charge in [-0.1, -0.05) is 18.2 Å². The number of ether oxygens (including phenoxy) is 2. The summed E-state index contributed by atoms with van der Waals surface area (Å²) in [4.78, 5) is 37.9. The van der Waals surface area contributed by atoms with Crippen molar-refractivity contribution in [2.45, 2.75) is 32.8 Å². The number of nitrogens with zero attached hydrogens (tertiary/aromatic N) is 5. The number of pyridine rings is 1. The first-order valence-electron chi connectivity index (χ1n) is 11.2. The van der Waals surface area contributed by atoms with Crippen molar-refractivity contribution in [3.8, 4) is 23.0 Å². The van der Waals surface area contributed by atoms with Gasteiger partial charge in [-0.15, -0.1) is 0 Å². The van der Waals surface area contributed by atoms with Crippen LogP contribution in [0, 0.1) is 0 Å². The molecule has 0 spiro atoms. The first-order valence-corrected chi connectivity index (χ1v) is 11.2. The van der Waals surface area contributed by atoms with Crippen molar-refractivity contribution in [1.29, 1.82) is 0 Å². The van der Waals surface area contributed by atoms with E-state index in [1.165, 1.54) is 4.90 Å². The number of rotatable bonds is 4. The summed E-state index contributed by atoms with van der Waals surface area (Å²) in [6, 6.07) is 13.4. The largest absolute Gasteiger partial charge is 0.481 e. The average Bonchev–Trinajstić information content (AvgIpc) is 3.15. The third kappa shape index (κ3) is 5.19. The molecule has 0 aliphatic carbocycles. The van der Waals surface area contributed by atoms with Crippen LogP contribution in [0.4, 0.5) is 10.6 Å². The van der Waals surface area contributed by atoms with Crippen LogP contribution in [0.2, 0.25) is 0 Å². The smallest absolute Gasteiger partial charge is 0.410 e. The maximum atomic E-state index is 13.2. The molecule has 1 fully saturated rings. The third-order valence-electron chi connectivity index (χ3n) is 5.30. The molecule has 1 saturated heterocycles. The van der Waals surface area contributed by atoms with Gasteiger partial charge in [-0.25, -0.2) is 14.8 Å². The van der Waals surface area contributed by atoms with Crippen molar-refractivity contribution < 1.29 is 19.1 Å². The summed E-state index contributed by atoms with van der Waals surface area (Å²) in [5.41, 5.74) is 1.07. The maximum absolute atomic E-state index is 13.2. The van der Waals surface area contributed by atoms with E-state index in [1.54, 1.807) is 24.3 Å². The molecule has 34 heavy (non-hydrogen) atoms. The molecule has 0 atom stereocenters. The standard InChI is InChI=1S/C25H29N5O4/c1-25(2,3)34-24(32)28-13-8-14-29(22(31)17-28)20-16-30(19-9-6-5-7-10-19)23(27-20)18-11-12-21(33-4)26-15-18/h5-7,9-12,15-16H,8,13-14,17H2,1-4H3. The van der Waals surface area contributed by atoms with Gasteiger partial charge in [0, 0.05) is 36.6 Å². The summed E-state index contributed by atoms with van der Waals surface area (Å²) in [6.07, 6.45) is 3.67. The minimum Gasteiger partial charge on any atom is -0.481 e. The van der Waals surface area contributed by atoms with Crippen LogP contribution >= 0.6 is 0 Å². The van der Waals surface area contributed by atoms with Crippen molar-refractivity contribution in [3.63, 3.8) is 0 Å². The molecule has 0 unspecified atom stereocenters. The summed E-state index contributed by atoms with van der Waals surface area (Å²) >= 11 is 0. The Morgan fingerprint density at radius 3 is 2.47 bits per heavy atom. The lowest BCUT2D eigenvalue weighted by Crippen LogP contribution is -2.42. The van der Waals surface area contributed by atoms with Gasteiger partial charge in [0.2, 0.25) is 11.8 Å². The second-order valence-corrected chi connectivity index (χ2v) is 9.02. The Labute approximate surface area is 198 Å². The topological polar surface area (TPSA) is 89.8 Å². The molecule has 2 aromatic heterocycles. The van der Waals surface area contributed by atoms with Gasteiger partial charge in [0.25, 0.3) is 0 Å². The Morgan fingerprint density at radius 1 is 1.06 bits per heavy atom. The van der Waals surface area contributed by atoms with Crippen LogP contribution in [0.1, 0.15) is 27.2 Å². The van der Waals surface area contributed by atoms with E-state index in [-0.39, 0.29) is 12.5 Å². The van der Waals surface area contributed by atoms with Crippen LogP contribution in [0.15, 0.2) is 54.9 Å². The number of anilines is 1. The SMILES string of the molecule is COc1ccc(-c2nc(N3CCCN(C(=O)OC(C)(C)C)CC3=O)cn2-c2ccccc2)cn1. The fraction of sp³-hybridized carbons (Fsp3) is 0.360. The number of carbonyl (C=O) groups is 2. The van der Waals surface area contributed by atoms with Crippen LogP contribution < -0.4 is 9.64 Å². The van der Waals surface area contributed by atoms with Crippen LogP contribution in [-0.4, -0.2) is 63.8 Å². The Hall–Kier alpha value is -3.88. The molecule has 0 bridgehead atoms. The van der Waals surface area contributed by atoms with Crippen molar-refractivity contribution >= 4 is 17.8 Å². The lowest BCUT2D eigenvalue weighted by Gasteiger charge is -2.25. The monoisotopic (exact) mass is 463 g/mol. The van der Waals surface area contributed by atoms with E-state index in [0.717, 1.165) is 11.3 Å². The first-order chi connectivity index (χ1) is 16.2. The lowest BCUT2D eigenvalue weighted by atomic mass is 10.2. The minimum absolute atomic E-state index is 0.0630. The Kier molecular flexibility index (Phi) is 6.54. The highest BCUT2D eigenvalue weighted by molar-refractivity contribution is 5.96. The number of imidazole rings is 1. The highest BCUT2D eigenvalue weighted by atomic mass is 16.6. The number of hydrogen-bond donors (Lipinski definition) is 0. The number of methoxy groups -OCH3 is 1. The second-order valence-electron chi connectivity index (χ2n) is 9.02. The van der Waals surface area contributed by atoms with Gasteiger partial charge >= 0.3 is 6.09 Å². The molecule has 0 N–H and O–H groups in total. The molecule has 2 amide bonds. The molecule has 4 rings (SSSR count). The molecule has 1 aliphatic heterocycles. The molecule has 9 heteroatoms. The predicted molar refractivity (Wildman–Crippen MR) is 128 cm³/mol. The molecule has 1 aromatic carbocycles. The van der Waals surface area contributed by atoms with Crippen LogP contribution in [0.5, 0.6) is 5.88 Å². The highest BCUT2D eigenvalue weighted by Gasteiger charge is 2.30. The zero-order valence-electron chi connectivity index (χ0n) is 19.9. The van der Waals surface area contributed by atoms with E-state index < -0.39 is 11.7 Å². The number of amides is 2. The van der Waals surface area contributed by atoms with Crippen molar-refractivity contribution in [3.05, 3.63) is 54.9 Å². The van der Waals surface area contributed by atoms with Gasteiger partial charge in [-0.05, 0) is 45.4 Å². The molecule has 3 heterocycles. The van der Waals surface area contributed by atoms with Crippen LogP contribution in [0.25, 0.3) is 17.1 Å². The molecular formula is C25H29N5O4. The van der Waals surface area contributed by atoms with Crippen molar-refractivity contribution in [1.82, 2.24) is 19.4 Å². The van der Waals surface area contributed by atoms with E-state index in [0.29, 0.717) is 37.0 Å². The molecule has 3 aromatic rings. The quantitative estimate of drug-likeness (QED) is 0.583. The second kappa shape index (κ2) is 9.54. The van der Waals surface area contributed by atoms with Crippen molar-refractivity contribution in [2.24, 2.45) is 0 Å². The summed E-state index contributed by atoms with van der Waals surface area (Å²) in [6.45, 7) is 6.25. The minimum atomic E-state index is -0.623. The van der Waals surface area contributed by atoms with Gasteiger partial charge < -0.3 is 9.47 Å². The summed E-state index contributed by atoms with van der Waals surface area (Å²) in [5, 5.41) is 0. The van der Waals surface area contributed by atoms with Crippen LogP contribution in [-0.2, 0) is 9.53 Å². The Morgan fingerprint density at radius 2 is 1.82 bits per heavy atom. The molecule has 0 radical (unpaired) electrons. The Balaban J connectivity index is 1.65. The molecule has 178 valence electrons. The molecule has 1 aliphatic rings. The van der Waals surface area contributed by atoms with E-state index in [1.807, 2.05) is 67.9 Å². The fourth-order valence-corrected chi connectivity index (χ4v) is 3.72. The molecule has 0 saturated carbocycles. The van der Waals surface area contributed by atoms with Crippen LogP contribution in [0.3, 0.4) is 0 Å². The number of hydrogen-bond acceptors (Lipinski definition) is 6. The third-order valence-corrected chi connectivity index (χ3v) is 5.30. The van der Waals surface area contributed by atoms with Gasteiger partial charge in [0.15, 0.2) is 5.82 Å². The van der Waals surface area contributed by atoms with Gasteiger partial charge in [0.05, 0.1) is 13.3 Å². The molecule has 9 nitrogen and oxygen atoms in total. The summed E-state index contributed by atoms with van der Waals surface area (Å²) in [5.74, 6) is 1.47. The van der Waals surface area contributed by atoms with Gasteiger partial charge in [-0.3, -0.25) is 19.2 Å². The Bertz CT molecular complexity index is 1150. The normalized spacial score (nSPS) is 14.6. The number of carbonyl (C=O) groups excluding carboxylic acids is 2. The lowest BCUT2D eigenvalue weighted by molar-refractivity contribution is -0.119. The highest BCUT2D eigenvalue weighted by Crippen LogP contribution is 2.28. The van der Waals surface area contributed by atoms with Gasteiger partial charge in [-0.2, -0.15) is 0 Å². The van der Waals surface area contributed by atoms with Gasteiger partial charge in [0.1, 0.15) is 18.0 Å². The van der Waals surface area contributed by atoms with E-state index in [4.69, 9.17) is 14.5 Å². The molecular weight excluding hydrogens is 434 g/mol. The van der Waals surface area contributed by atoms with Crippen molar-refractivity contribution in [2.75, 3.05) is 31.6 Å². The van der Waals surface area contributed by atoms with E-state index in [9.17, 15) is 9.59 Å². The first kappa shape index (κ1) is 23.3. The average molecular weight is 464 g/mol. The zero-order valence-corrected chi connectivity index (χ0v) is 19.9. The summed E-state index contributed by atoms with van der Waals surface area (Å²) < 4.78 is 12.6. The number of aromatic nitrogens is 3. The van der Waals surface area contributed by atoms with E-state index >= 15 is 0 Å². The van der Waals surface area contributed by atoms with E-state index in [2.05, 4.69) is 4.98 Å². The zero-order chi connectivity index (χ0) is 24.3. The number of para-hydroxylation sites is 1. The predicted octanol–water partition coefficient (Wildman–Crippen LogP) is 3.92. The number of benzene rings is 1.